The molecule has 0 fully saturated rings. The number of anilines is 1. The Morgan fingerprint density at radius 2 is 2.22 bits per heavy atom. The Hall–Kier alpha value is -1.14. The molecule has 2 aromatic rings. The van der Waals surface area contributed by atoms with Gasteiger partial charge in [-0.05, 0) is 42.9 Å². The molecule has 0 aliphatic carbocycles. The lowest BCUT2D eigenvalue weighted by Crippen LogP contribution is -3.00. The van der Waals surface area contributed by atoms with E-state index in [9.17, 15) is 4.79 Å². The molecular weight excluding hydrogens is 316 g/mol. The molecule has 0 amide bonds. The number of ether oxygens (including phenoxy) is 1. The molecule has 1 aromatic heterocycles. The number of hydrogen-bond acceptors (Lipinski definition) is 4. The minimum atomic E-state index is -0.260. The summed E-state index contributed by atoms with van der Waals surface area (Å²) in [4.78, 5) is 11.5. The zero-order chi connectivity index (χ0) is 12.4. The van der Waals surface area contributed by atoms with Crippen LogP contribution in [0.25, 0.3) is 10.2 Å². The summed E-state index contributed by atoms with van der Waals surface area (Å²) in [6, 6.07) is 6.06. The summed E-state index contributed by atoms with van der Waals surface area (Å²) in [5.41, 5.74) is 8.08. The average Bonchev–Trinajstić information content (AvgIpc) is 2.55. The van der Waals surface area contributed by atoms with Gasteiger partial charge in [-0.2, -0.15) is 0 Å². The highest BCUT2D eigenvalue weighted by atomic mass is 79.9. The quantitative estimate of drug-likeness (QED) is 0.559. The molecule has 0 spiro atoms. The molecule has 2 rings (SSSR count). The number of carbonyl (C=O) groups is 1. The summed E-state index contributed by atoms with van der Waals surface area (Å²) in [7, 11) is 0. The molecule has 0 atom stereocenters. The van der Waals surface area contributed by atoms with E-state index in [1.54, 1.807) is 11.5 Å². The second-order valence-electron chi connectivity index (χ2n) is 3.80. The Bertz CT molecular complexity index is 568. The van der Waals surface area contributed by atoms with Gasteiger partial charge in [0.15, 0.2) is 6.54 Å². The Kier molecular flexibility index (Phi) is 5.10. The van der Waals surface area contributed by atoms with E-state index in [0.717, 1.165) is 10.2 Å². The third-order valence-electron chi connectivity index (χ3n) is 2.48. The van der Waals surface area contributed by atoms with Gasteiger partial charge in [0, 0.05) is 0 Å². The number of rotatable bonds is 3. The number of nitrogens with zero attached hydrogens (tertiary/aromatic N) is 1. The van der Waals surface area contributed by atoms with Crippen LogP contribution < -0.4 is 27.3 Å². The van der Waals surface area contributed by atoms with Crippen molar-refractivity contribution in [3.05, 3.63) is 23.8 Å². The maximum Gasteiger partial charge on any atom is 0.348 e. The number of thiazole rings is 1. The number of nitrogen functional groups attached to an aromatic ring is 1. The number of fused-ring (bicyclic) bond motifs is 1. The van der Waals surface area contributed by atoms with Crippen LogP contribution in [0.1, 0.15) is 12.5 Å². The Balaban J connectivity index is 0.00000162. The molecule has 18 heavy (non-hydrogen) atoms. The SMILES string of the molecule is CCOC(=O)C[n+]1c(N)sc2cc(C)ccc21.[Br-]. The van der Waals surface area contributed by atoms with Crippen LogP contribution in [-0.4, -0.2) is 12.6 Å². The summed E-state index contributed by atoms with van der Waals surface area (Å²) in [6.07, 6.45) is 0. The zero-order valence-electron chi connectivity index (χ0n) is 10.3. The van der Waals surface area contributed by atoms with Gasteiger partial charge in [-0.3, -0.25) is 5.73 Å². The molecule has 0 aliphatic heterocycles. The number of aromatic nitrogens is 1. The molecule has 0 radical (unpaired) electrons. The van der Waals surface area contributed by atoms with Crippen molar-refractivity contribution >= 4 is 32.7 Å². The fourth-order valence-corrected chi connectivity index (χ4v) is 2.74. The molecule has 6 heteroatoms. The van der Waals surface area contributed by atoms with Crippen LogP contribution in [-0.2, 0) is 16.1 Å². The number of halogens is 1. The molecule has 0 unspecified atom stereocenters. The van der Waals surface area contributed by atoms with E-state index in [4.69, 9.17) is 10.5 Å². The van der Waals surface area contributed by atoms with Gasteiger partial charge < -0.3 is 21.7 Å². The Labute approximate surface area is 120 Å². The highest BCUT2D eigenvalue weighted by Crippen LogP contribution is 2.22. The molecule has 1 aromatic carbocycles. The number of hydrogen-bond donors (Lipinski definition) is 1. The van der Waals surface area contributed by atoms with E-state index in [-0.39, 0.29) is 29.5 Å². The molecule has 0 bridgehead atoms. The molecule has 0 saturated heterocycles. The van der Waals surface area contributed by atoms with Crippen molar-refractivity contribution in [1.29, 1.82) is 0 Å². The van der Waals surface area contributed by atoms with Crippen LogP contribution >= 0.6 is 11.3 Å². The van der Waals surface area contributed by atoms with Crippen molar-refractivity contribution in [2.24, 2.45) is 0 Å². The molecular formula is C12H15BrN2O2S. The van der Waals surface area contributed by atoms with Crippen LogP contribution in [0, 0.1) is 6.92 Å². The van der Waals surface area contributed by atoms with E-state index in [2.05, 4.69) is 6.07 Å². The minimum absolute atomic E-state index is 0. The average molecular weight is 331 g/mol. The highest BCUT2D eigenvalue weighted by molar-refractivity contribution is 7.21. The van der Waals surface area contributed by atoms with Crippen molar-refractivity contribution in [1.82, 2.24) is 0 Å². The van der Waals surface area contributed by atoms with Crippen molar-refractivity contribution in [3.8, 4) is 0 Å². The number of carbonyl (C=O) groups excluding carboxylic acids is 1. The van der Waals surface area contributed by atoms with Crippen molar-refractivity contribution in [3.63, 3.8) is 0 Å². The Morgan fingerprint density at radius 3 is 2.89 bits per heavy atom. The standard InChI is InChI=1S/C12H14N2O2S.BrH/c1-3-16-11(15)7-14-9-5-4-8(2)6-10(9)17-12(14)13;/h4-6,13H,3,7H2,1-2H3;1H. The smallest absolute Gasteiger partial charge is 0.348 e. The van der Waals surface area contributed by atoms with Gasteiger partial charge in [0.25, 0.3) is 0 Å². The van der Waals surface area contributed by atoms with E-state index in [1.807, 2.05) is 19.1 Å². The number of benzene rings is 1. The summed E-state index contributed by atoms with van der Waals surface area (Å²) in [6.45, 7) is 4.38. The molecule has 2 N–H and O–H groups in total. The van der Waals surface area contributed by atoms with Gasteiger partial charge in [-0.1, -0.05) is 6.07 Å². The number of esters is 1. The van der Waals surface area contributed by atoms with E-state index >= 15 is 0 Å². The van der Waals surface area contributed by atoms with Crippen molar-refractivity contribution in [2.75, 3.05) is 12.3 Å². The van der Waals surface area contributed by atoms with Gasteiger partial charge in [0.1, 0.15) is 5.52 Å². The molecule has 0 aliphatic rings. The van der Waals surface area contributed by atoms with Crippen molar-refractivity contribution < 1.29 is 31.1 Å². The summed E-state index contributed by atoms with van der Waals surface area (Å²) in [5.74, 6) is -0.260. The van der Waals surface area contributed by atoms with E-state index in [1.165, 1.54) is 16.9 Å². The monoisotopic (exact) mass is 330 g/mol. The maximum absolute atomic E-state index is 11.5. The highest BCUT2D eigenvalue weighted by Gasteiger charge is 2.18. The maximum atomic E-state index is 11.5. The normalized spacial score (nSPS) is 10.1. The minimum Gasteiger partial charge on any atom is -1.00 e. The summed E-state index contributed by atoms with van der Waals surface area (Å²) in [5, 5.41) is 0.624. The molecule has 4 nitrogen and oxygen atoms in total. The lowest BCUT2D eigenvalue weighted by Gasteiger charge is -2.00. The number of nitrogens with two attached hydrogens (primary N) is 1. The fourth-order valence-electron chi connectivity index (χ4n) is 1.71. The van der Waals surface area contributed by atoms with Gasteiger partial charge in [-0.15, -0.1) is 0 Å². The summed E-state index contributed by atoms with van der Waals surface area (Å²) < 4.78 is 7.81. The van der Waals surface area contributed by atoms with Gasteiger partial charge in [0.2, 0.25) is 0 Å². The fraction of sp³-hybridized carbons (Fsp3) is 0.333. The lowest BCUT2D eigenvalue weighted by molar-refractivity contribution is -0.641. The second-order valence-corrected chi connectivity index (χ2v) is 4.86. The predicted molar refractivity (Wildman–Crippen MR) is 67.8 cm³/mol. The second kappa shape index (κ2) is 6.15. The first kappa shape index (κ1) is 14.9. The van der Waals surface area contributed by atoms with E-state index < -0.39 is 0 Å². The van der Waals surface area contributed by atoms with Gasteiger partial charge in [-0.25, -0.2) is 9.36 Å². The van der Waals surface area contributed by atoms with Crippen LogP contribution in [0.2, 0.25) is 0 Å². The van der Waals surface area contributed by atoms with Crippen LogP contribution in [0.15, 0.2) is 18.2 Å². The van der Waals surface area contributed by atoms with Crippen LogP contribution in [0.5, 0.6) is 0 Å². The van der Waals surface area contributed by atoms with Crippen molar-refractivity contribution in [2.45, 2.75) is 20.4 Å². The van der Waals surface area contributed by atoms with Gasteiger partial charge in [0.05, 0.1) is 11.3 Å². The van der Waals surface area contributed by atoms with E-state index in [0.29, 0.717) is 11.7 Å². The lowest BCUT2D eigenvalue weighted by atomic mass is 10.2. The first-order chi connectivity index (χ1) is 8.11. The molecule has 98 valence electrons. The van der Waals surface area contributed by atoms with Crippen LogP contribution in [0.4, 0.5) is 5.13 Å². The summed E-state index contributed by atoms with van der Waals surface area (Å²) >= 11 is 1.49. The van der Waals surface area contributed by atoms with Crippen LogP contribution in [0.3, 0.4) is 0 Å². The largest absolute Gasteiger partial charge is 1.00 e. The third-order valence-corrected chi connectivity index (χ3v) is 3.46. The Morgan fingerprint density at radius 1 is 1.50 bits per heavy atom. The first-order valence-electron chi connectivity index (χ1n) is 5.46. The number of aryl methyl sites for hydroxylation is 1. The molecule has 0 saturated carbocycles. The predicted octanol–water partition coefficient (Wildman–Crippen LogP) is -1.35. The third kappa shape index (κ3) is 3.00. The van der Waals surface area contributed by atoms with Gasteiger partial charge >= 0.3 is 11.1 Å². The zero-order valence-corrected chi connectivity index (χ0v) is 12.7. The topological polar surface area (TPSA) is 56.2 Å². The molecule has 1 heterocycles. The first-order valence-corrected chi connectivity index (χ1v) is 6.27.